The molecule has 0 atom stereocenters. The monoisotopic (exact) mass is 308 g/mol. The van der Waals surface area contributed by atoms with Crippen LogP contribution < -0.4 is 5.32 Å². The molecule has 106 valence electrons. The summed E-state index contributed by atoms with van der Waals surface area (Å²) in [6.45, 7) is 3.23. The molecular weight excluding hydrogens is 292 g/mol. The zero-order valence-electron chi connectivity index (χ0n) is 11.1. The lowest BCUT2D eigenvalue weighted by molar-refractivity contribution is 0.211. The minimum absolute atomic E-state index is 0.448. The molecule has 1 fully saturated rings. The molecule has 0 unspecified atom stereocenters. The van der Waals surface area contributed by atoms with Gasteiger partial charge in [-0.15, -0.1) is 0 Å². The van der Waals surface area contributed by atoms with Gasteiger partial charge < -0.3 is 5.32 Å². The van der Waals surface area contributed by atoms with Crippen molar-refractivity contribution in [3.63, 3.8) is 0 Å². The van der Waals surface area contributed by atoms with Crippen molar-refractivity contribution in [2.24, 2.45) is 0 Å². The lowest BCUT2D eigenvalue weighted by atomic mass is 10.0. The normalized spacial score (nSPS) is 17.2. The number of aromatic nitrogens is 2. The summed E-state index contributed by atoms with van der Waals surface area (Å²) in [5, 5.41) is 3.88. The molecule has 0 saturated carbocycles. The van der Waals surface area contributed by atoms with Gasteiger partial charge in [-0.3, -0.25) is 4.90 Å². The number of benzene rings is 1. The summed E-state index contributed by atoms with van der Waals surface area (Å²) in [5.74, 6) is 0.734. The predicted molar refractivity (Wildman–Crippen MR) is 83.3 cm³/mol. The minimum atomic E-state index is 0.448. The highest BCUT2D eigenvalue weighted by atomic mass is 35.5. The van der Waals surface area contributed by atoms with Gasteiger partial charge in [0, 0.05) is 25.7 Å². The lowest BCUT2D eigenvalue weighted by Crippen LogP contribution is -2.38. The molecule has 6 heteroatoms. The lowest BCUT2D eigenvalue weighted by Gasteiger charge is -2.32. The Bertz CT molecular complexity index is 537. The molecule has 1 aromatic heterocycles. The fraction of sp³-hybridized carbons (Fsp3) is 0.429. The Kier molecular flexibility index (Phi) is 4.50. The first-order valence-corrected chi connectivity index (χ1v) is 7.93. The van der Waals surface area contributed by atoms with Crippen molar-refractivity contribution >= 4 is 29.1 Å². The molecule has 2 aromatic rings. The number of piperidine rings is 1. The van der Waals surface area contributed by atoms with Crippen molar-refractivity contribution < 1.29 is 0 Å². The summed E-state index contributed by atoms with van der Waals surface area (Å²) in [5.41, 5.74) is 1.38. The average molecular weight is 309 g/mol. The van der Waals surface area contributed by atoms with Gasteiger partial charge in [0.15, 0.2) is 11.0 Å². The molecule has 3 rings (SSSR count). The van der Waals surface area contributed by atoms with Gasteiger partial charge in [-0.25, -0.2) is 0 Å². The quantitative estimate of drug-likeness (QED) is 0.941. The number of nitrogens with one attached hydrogen (secondary N) is 1. The molecule has 20 heavy (non-hydrogen) atoms. The maximum absolute atomic E-state index is 5.96. The van der Waals surface area contributed by atoms with E-state index in [-0.39, 0.29) is 0 Å². The summed E-state index contributed by atoms with van der Waals surface area (Å²) >= 11 is 7.11. The van der Waals surface area contributed by atoms with E-state index in [0.29, 0.717) is 11.2 Å². The van der Waals surface area contributed by atoms with Crippen molar-refractivity contribution in [3.8, 4) is 0 Å². The van der Waals surface area contributed by atoms with Crippen LogP contribution in [0.3, 0.4) is 0 Å². The first kappa shape index (κ1) is 13.8. The maximum Gasteiger partial charge on any atom is 0.186 e. The highest BCUT2D eigenvalue weighted by Crippen LogP contribution is 2.22. The molecule has 0 radical (unpaired) electrons. The molecule has 0 spiro atoms. The molecular formula is C14H17ClN4S. The molecule has 1 saturated heterocycles. The van der Waals surface area contributed by atoms with Crippen LogP contribution in [0.5, 0.6) is 0 Å². The van der Waals surface area contributed by atoms with E-state index in [1.807, 2.05) is 0 Å². The van der Waals surface area contributed by atoms with Crippen molar-refractivity contribution in [1.29, 1.82) is 0 Å². The Morgan fingerprint density at radius 1 is 1.20 bits per heavy atom. The number of anilines is 1. The molecule has 0 bridgehead atoms. The molecule has 2 heterocycles. The standard InChI is InChI=1S/C14H17ClN4S/c15-13-14(18-20-17-13)16-12-6-8-19(9-7-12)10-11-4-2-1-3-5-11/h1-5,12H,6-10H2,(H,16,18). The molecule has 1 aromatic carbocycles. The predicted octanol–water partition coefficient (Wildman–Crippen LogP) is 3.27. The summed E-state index contributed by atoms with van der Waals surface area (Å²) in [4.78, 5) is 2.49. The topological polar surface area (TPSA) is 41.1 Å². The Morgan fingerprint density at radius 3 is 2.60 bits per heavy atom. The largest absolute Gasteiger partial charge is 0.364 e. The van der Waals surface area contributed by atoms with E-state index in [1.165, 1.54) is 5.56 Å². The van der Waals surface area contributed by atoms with Crippen LogP contribution in [0.4, 0.5) is 5.82 Å². The third-order valence-electron chi connectivity index (χ3n) is 3.63. The van der Waals surface area contributed by atoms with Gasteiger partial charge in [0.1, 0.15) is 0 Å². The number of hydrogen-bond acceptors (Lipinski definition) is 5. The Morgan fingerprint density at radius 2 is 1.95 bits per heavy atom. The molecule has 0 amide bonds. The van der Waals surface area contributed by atoms with Gasteiger partial charge in [-0.1, -0.05) is 41.9 Å². The fourth-order valence-electron chi connectivity index (χ4n) is 2.53. The van der Waals surface area contributed by atoms with Crippen molar-refractivity contribution in [1.82, 2.24) is 13.6 Å². The maximum atomic E-state index is 5.96. The molecule has 4 nitrogen and oxygen atoms in total. The minimum Gasteiger partial charge on any atom is -0.364 e. The zero-order chi connectivity index (χ0) is 13.8. The van der Waals surface area contributed by atoms with Crippen LogP contribution in [-0.2, 0) is 6.54 Å². The SMILES string of the molecule is Clc1nsnc1NC1CCN(Cc2ccccc2)CC1. The second kappa shape index (κ2) is 6.52. The van der Waals surface area contributed by atoms with E-state index >= 15 is 0 Å². The second-order valence-corrected chi connectivity index (χ2v) is 5.97. The van der Waals surface area contributed by atoms with Crippen LogP contribution in [0.15, 0.2) is 30.3 Å². The Labute approximate surface area is 128 Å². The van der Waals surface area contributed by atoms with Crippen molar-refractivity contribution in [3.05, 3.63) is 41.0 Å². The van der Waals surface area contributed by atoms with Crippen LogP contribution in [0.25, 0.3) is 0 Å². The van der Waals surface area contributed by atoms with Crippen LogP contribution in [0.1, 0.15) is 18.4 Å². The van der Waals surface area contributed by atoms with E-state index in [1.54, 1.807) is 0 Å². The summed E-state index contributed by atoms with van der Waals surface area (Å²) in [6.07, 6.45) is 2.22. The third kappa shape index (κ3) is 3.48. The van der Waals surface area contributed by atoms with Crippen LogP contribution >= 0.6 is 23.3 Å². The average Bonchev–Trinajstić information content (AvgIpc) is 2.88. The van der Waals surface area contributed by atoms with E-state index < -0.39 is 0 Å². The van der Waals surface area contributed by atoms with Gasteiger partial charge in [0.2, 0.25) is 0 Å². The summed E-state index contributed by atoms with van der Waals surface area (Å²) in [6, 6.07) is 11.1. The van der Waals surface area contributed by atoms with E-state index in [2.05, 4.69) is 49.3 Å². The van der Waals surface area contributed by atoms with E-state index in [4.69, 9.17) is 11.6 Å². The Balaban J connectivity index is 1.49. The van der Waals surface area contributed by atoms with Gasteiger partial charge >= 0.3 is 0 Å². The van der Waals surface area contributed by atoms with Crippen molar-refractivity contribution in [2.75, 3.05) is 18.4 Å². The Hall–Kier alpha value is -1.17. The number of hydrogen-bond donors (Lipinski definition) is 1. The van der Waals surface area contributed by atoms with Gasteiger partial charge in [0.25, 0.3) is 0 Å². The van der Waals surface area contributed by atoms with Crippen LogP contribution in [0, 0.1) is 0 Å². The highest BCUT2D eigenvalue weighted by molar-refractivity contribution is 6.99. The fourth-order valence-corrected chi connectivity index (χ4v) is 3.19. The molecule has 1 aliphatic rings. The number of nitrogens with zero attached hydrogens (tertiary/aromatic N) is 3. The van der Waals surface area contributed by atoms with Gasteiger partial charge in [-0.2, -0.15) is 8.75 Å². The summed E-state index contributed by atoms with van der Waals surface area (Å²) < 4.78 is 8.15. The first-order chi connectivity index (χ1) is 9.81. The number of rotatable bonds is 4. The van der Waals surface area contributed by atoms with Crippen LogP contribution in [0.2, 0.25) is 5.15 Å². The van der Waals surface area contributed by atoms with Crippen LogP contribution in [-0.4, -0.2) is 32.8 Å². The molecule has 1 aliphatic heterocycles. The van der Waals surface area contributed by atoms with Gasteiger partial charge in [-0.05, 0) is 18.4 Å². The van der Waals surface area contributed by atoms with E-state index in [9.17, 15) is 0 Å². The van der Waals surface area contributed by atoms with Crippen molar-refractivity contribution in [2.45, 2.75) is 25.4 Å². The molecule has 1 N–H and O–H groups in total. The van der Waals surface area contributed by atoms with E-state index in [0.717, 1.165) is 50.0 Å². The highest BCUT2D eigenvalue weighted by Gasteiger charge is 2.20. The summed E-state index contributed by atoms with van der Waals surface area (Å²) in [7, 11) is 0. The molecule has 0 aliphatic carbocycles. The smallest absolute Gasteiger partial charge is 0.186 e. The number of likely N-dealkylation sites (tertiary alicyclic amines) is 1. The zero-order valence-corrected chi connectivity index (χ0v) is 12.7. The third-order valence-corrected chi connectivity index (χ3v) is 4.52. The number of halogens is 1. The second-order valence-electron chi connectivity index (χ2n) is 5.08. The van der Waals surface area contributed by atoms with Gasteiger partial charge in [0.05, 0.1) is 11.7 Å². The first-order valence-electron chi connectivity index (χ1n) is 6.82.